The van der Waals surface area contributed by atoms with Crippen LogP contribution in [0.5, 0.6) is 0 Å². The zero-order valence-corrected chi connectivity index (χ0v) is 22.8. The fraction of sp³-hybridized carbons (Fsp3) is 0.414. The van der Waals surface area contributed by atoms with Crippen LogP contribution in [-0.2, 0) is 20.9 Å². The molecule has 2 aromatic heterocycles. The monoisotopic (exact) mass is 549 g/mol. The number of rotatable bonds is 10. The van der Waals surface area contributed by atoms with Crippen LogP contribution < -0.4 is 0 Å². The van der Waals surface area contributed by atoms with Crippen molar-refractivity contribution in [3.05, 3.63) is 59.9 Å². The van der Waals surface area contributed by atoms with Crippen LogP contribution >= 0.6 is 11.8 Å². The molecular formula is C29H32FN5O3S. The number of aromatic nitrogens is 4. The van der Waals surface area contributed by atoms with Gasteiger partial charge in [-0.15, -0.1) is 10.2 Å². The standard InChI is InChI=1S/C29H32FN5O3S/c1-2-38-28(37)21-8-7-16-34(19-21)25(36)11-5-6-17-39-29-31-27-26(32-33-29)23-9-3-4-10-24(23)35(27)18-20-12-14-22(30)15-13-20/h3-4,9-10,12-15,21H,2,5-8,11,16-19H2,1H3. The van der Waals surface area contributed by atoms with Crippen LogP contribution in [0.15, 0.2) is 53.7 Å². The number of likely N-dealkylation sites (tertiary alicyclic amines) is 1. The van der Waals surface area contributed by atoms with Gasteiger partial charge in [0, 0.05) is 37.2 Å². The highest BCUT2D eigenvalue weighted by Gasteiger charge is 2.29. The number of amides is 1. The minimum atomic E-state index is -0.262. The molecule has 10 heteroatoms. The molecule has 1 fully saturated rings. The molecular weight excluding hydrogens is 517 g/mol. The Morgan fingerprint density at radius 2 is 1.92 bits per heavy atom. The minimum absolute atomic E-state index is 0.0960. The third-order valence-corrected chi connectivity index (χ3v) is 7.94. The Hall–Kier alpha value is -3.53. The lowest BCUT2D eigenvalue weighted by Crippen LogP contribution is -2.42. The van der Waals surface area contributed by atoms with Crippen molar-refractivity contribution in [1.82, 2.24) is 24.6 Å². The summed E-state index contributed by atoms with van der Waals surface area (Å²) in [7, 11) is 0. The SMILES string of the molecule is CCOC(=O)C1CCCN(C(=O)CCCCSc2nnc3c4ccccc4n(Cc4ccc(F)cc4)c3n2)C1. The van der Waals surface area contributed by atoms with E-state index in [4.69, 9.17) is 9.72 Å². The number of esters is 1. The summed E-state index contributed by atoms with van der Waals surface area (Å²) in [4.78, 5) is 31.4. The lowest BCUT2D eigenvalue weighted by atomic mass is 9.98. The number of carbonyl (C=O) groups excluding carboxylic acids is 2. The number of piperidine rings is 1. The summed E-state index contributed by atoms with van der Waals surface area (Å²) >= 11 is 1.53. The summed E-state index contributed by atoms with van der Waals surface area (Å²) in [5, 5.41) is 10.4. The normalized spacial score (nSPS) is 15.6. The number of nitrogens with zero attached hydrogens (tertiary/aromatic N) is 5. The molecule has 5 rings (SSSR count). The molecule has 0 bridgehead atoms. The van der Waals surface area contributed by atoms with Gasteiger partial charge in [-0.05, 0) is 56.4 Å². The van der Waals surface area contributed by atoms with Crippen molar-refractivity contribution in [2.24, 2.45) is 5.92 Å². The third-order valence-electron chi connectivity index (χ3n) is 7.02. The highest BCUT2D eigenvalue weighted by atomic mass is 32.2. The first-order chi connectivity index (χ1) is 19.0. The Morgan fingerprint density at radius 3 is 2.74 bits per heavy atom. The zero-order chi connectivity index (χ0) is 27.2. The molecule has 0 saturated carbocycles. The van der Waals surface area contributed by atoms with Crippen LogP contribution in [0.25, 0.3) is 22.1 Å². The second-order valence-electron chi connectivity index (χ2n) is 9.73. The average molecular weight is 550 g/mol. The Labute approximate surface area is 230 Å². The van der Waals surface area contributed by atoms with Gasteiger partial charge in [0.15, 0.2) is 5.65 Å². The van der Waals surface area contributed by atoms with Gasteiger partial charge < -0.3 is 14.2 Å². The number of para-hydroxylation sites is 1. The minimum Gasteiger partial charge on any atom is -0.466 e. The van der Waals surface area contributed by atoms with Gasteiger partial charge >= 0.3 is 5.97 Å². The van der Waals surface area contributed by atoms with E-state index < -0.39 is 0 Å². The third kappa shape index (κ3) is 6.38. The molecule has 1 aliphatic heterocycles. The molecule has 0 N–H and O–H groups in total. The zero-order valence-electron chi connectivity index (χ0n) is 22.0. The summed E-state index contributed by atoms with van der Waals surface area (Å²) in [6.45, 7) is 3.87. The number of halogens is 1. The molecule has 1 unspecified atom stereocenters. The number of unbranched alkanes of at least 4 members (excludes halogenated alkanes) is 1. The van der Waals surface area contributed by atoms with Gasteiger partial charge in [-0.1, -0.05) is 42.1 Å². The molecule has 1 atom stereocenters. The molecule has 0 aliphatic carbocycles. The number of hydrogen-bond donors (Lipinski definition) is 0. The van der Waals surface area contributed by atoms with E-state index in [1.807, 2.05) is 24.3 Å². The smallest absolute Gasteiger partial charge is 0.310 e. The number of benzene rings is 2. The van der Waals surface area contributed by atoms with Crippen molar-refractivity contribution in [3.8, 4) is 0 Å². The number of carbonyl (C=O) groups is 2. The molecule has 1 saturated heterocycles. The predicted molar refractivity (Wildman–Crippen MR) is 149 cm³/mol. The lowest BCUT2D eigenvalue weighted by Gasteiger charge is -2.31. The van der Waals surface area contributed by atoms with Crippen molar-refractivity contribution in [2.75, 3.05) is 25.4 Å². The van der Waals surface area contributed by atoms with Gasteiger partial charge in [-0.3, -0.25) is 9.59 Å². The van der Waals surface area contributed by atoms with E-state index in [-0.39, 0.29) is 23.6 Å². The highest BCUT2D eigenvalue weighted by molar-refractivity contribution is 7.99. The molecule has 4 aromatic rings. The molecule has 0 spiro atoms. The maximum absolute atomic E-state index is 13.4. The molecule has 1 amide bonds. The van der Waals surface area contributed by atoms with Crippen LogP contribution in [-0.4, -0.2) is 62.0 Å². The maximum atomic E-state index is 13.4. The van der Waals surface area contributed by atoms with Gasteiger partial charge in [0.1, 0.15) is 11.3 Å². The Balaban J connectivity index is 1.19. The van der Waals surface area contributed by atoms with Crippen molar-refractivity contribution < 1.29 is 18.7 Å². The van der Waals surface area contributed by atoms with Gasteiger partial charge in [-0.25, -0.2) is 9.37 Å². The quantitative estimate of drug-likeness (QED) is 0.152. The van der Waals surface area contributed by atoms with Crippen LogP contribution in [0, 0.1) is 11.7 Å². The highest BCUT2D eigenvalue weighted by Crippen LogP contribution is 2.28. The largest absolute Gasteiger partial charge is 0.466 e. The van der Waals surface area contributed by atoms with E-state index in [2.05, 4.69) is 14.8 Å². The summed E-state index contributed by atoms with van der Waals surface area (Å²) in [5.74, 6) is 0.190. The van der Waals surface area contributed by atoms with E-state index in [9.17, 15) is 14.0 Å². The average Bonchev–Trinajstić information content (AvgIpc) is 3.27. The number of fused-ring (bicyclic) bond motifs is 3. The summed E-state index contributed by atoms with van der Waals surface area (Å²) < 4.78 is 20.7. The Kier molecular flexibility index (Phi) is 8.71. The first-order valence-electron chi connectivity index (χ1n) is 13.5. The Bertz CT molecular complexity index is 1460. The van der Waals surface area contributed by atoms with Gasteiger partial charge in [0.05, 0.1) is 18.0 Å². The van der Waals surface area contributed by atoms with E-state index in [0.29, 0.717) is 37.8 Å². The molecule has 1 aliphatic rings. The molecule has 3 heterocycles. The van der Waals surface area contributed by atoms with Gasteiger partial charge in [-0.2, -0.15) is 0 Å². The molecule has 204 valence electrons. The topological polar surface area (TPSA) is 90.2 Å². The first kappa shape index (κ1) is 27.1. The van der Waals surface area contributed by atoms with Crippen molar-refractivity contribution in [1.29, 1.82) is 0 Å². The Morgan fingerprint density at radius 1 is 1.10 bits per heavy atom. The van der Waals surface area contributed by atoms with Crippen molar-refractivity contribution in [2.45, 2.75) is 50.7 Å². The van der Waals surface area contributed by atoms with Crippen molar-refractivity contribution in [3.63, 3.8) is 0 Å². The maximum Gasteiger partial charge on any atom is 0.310 e. The second kappa shape index (κ2) is 12.5. The predicted octanol–water partition coefficient (Wildman–Crippen LogP) is 5.23. The number of ether oxygens (including phenoxy) is 1. The van der Waals surface area contributed by atoms with Crippen LogP contribution in [0.3, 0.4) is 0 Å². The fourth-order valence-electron chi connectivity index (χ4n) is 5.04. The first-order valence-corrected chi connectivity index (χ1v) is 14.5. The van der Waals surface area contributed by atoms with E-state index >= 15 is 0 Å². The number of hydrogen-bond acceptors (Lipinski definition) is 7. The van der Waals surface area contributed by atoms with Crippen LogP contribution in [0.4, 0.5) is 4.39 Å². The van der Waals surface area contributed by atoms with Gasteiger partial charge in [0.25, 0.3) is 0 Å². The van der Waals surface area contributed by atoms with E-state index in [0.717, 1.165) is 59.1 Å². The summed E-state index contributed by atoms with van der Waals surface area (Å²) in [5.41, 5.74) is 3.46. The molecule has 0 radical (unpaired) electrons. The second-order valence-corrected chi connectivity index (χ2v) is 10.8. The van der Waals surface area contributed by atoms with E-state index in [1.54, 1.807) is 24.0 Å². The molecule has 39 heavy (non-hydrogen) atoms. The van der Waals surface area contributed by atoms with E-state index in [1.165, 1.54) is 23.9 Å². The van der Waals surface area contributed by atoms with Crippen LogP contribution in [0.1, 0.15) is 44.6 Å². The molecule has 2 aromatic carbocycles. The number of thioether (sulfide) groups is 1. The van der Waals surface area contributed by atoms with Crippen molar-refractivity contribution >= 4 is 45.7 Å². The van der Waals surface area contributed by atoms with Gasteiger partial charge in [0.2, 0.25) is 11.1 Å². The van der Waals surface area contributed by atoms with Crippen LogP contribution in [0.2, 0.25) is 0 Å². The fourth-order valence-corrected chi connectivity index (χ4v) is 5.82. The molecule has 8 nitrogen and oxygen atoms in total. The summed E-state index contributed by atoms with van der Waals surface area (Å²) in [6.07, 6.45) is 3.66. The lowest BCUT2D eigenvalue weighted by molar-refractivity contribution is -0.151. The summed E-state index contributed by atoms with van der Waals surface area (Å²) in [6, 6.07) is 14.5.